The van der Waals surface area contributed by atoms with Crippen molar-refractivity contribution in [1.29, 1.82) is 0 Å². The largest absolute Gasteiger partial charge is 0.281 e. The molecule has 4 nitrogen and oxygen atoms in total. The SMILES string of the molecule is CC(C)(C)OO.COS(=O)Cl. The first kappa shape index (κ1) is 13.9. The molecule has 70 valence electrons. The molecule has 0 rings (SSSR count). The van der Waals surface area contributed by atoms with Gasteiger partial charge in [0.25, 0.3) is 10.3 Å². The zero-order valence-electron chi connectivity index (χ0n) is 6.96. The fourth-order valence-electron chi connectivity index (χ4n) is 0. The number of rotatable bonds is 1. The van der Waals surface area contributed by atoms with Crippen molar-refractivity contribution in [1.82, 2.24) is 0 Å². The van der Waals surface area contributed by atoms with Gasteiger partial charge in [-0.25, -0.2) is 9.10 Å². The van der Waals surface area contributed by atoms with Gasteiger partial charge in [-0.15, -0.1) is 0 Å². The first-order valence-electron chi connectivity index (χ1n) is 2.78. The summed E-state index contributed by atoms with van der Waals surface area (Å²) in [6.07, 6.45) is 0. The van der Waals surface area contributed by atoms with Crippen LogP contribution in [0.5, 0.6) is 0 Å². The Morgan fingerprint density at radius 3 is 1.64 bits per heavy atom. The Kier molecular flexibility index (Phi) is 8.83. The summed E-state index contributed by atoms with van der Waals surface area (Å²) >= 11 is 0. The van der Waals surface area contributed by atoms with E-state index in [0.717, 1.165) is 0 Å². The summed E-state index contributed by atoms with van der Waals surface area (Å²) in [5, 5.41) is 7.90. The van der Waals surface area contributed by atoms with Gasteiger partial charge in [-0.2, -0.15) is 0 Å². The molecule has 1 N–H and O–H groups in total. The van der Waals surface area contributed by atoms with Crippen LogP contribution in [0.2, 0.25) is 0 Å². The molecular weight excluding hydrogens is 192 g/mol. The molecule has 0 aromatic heterocycles. The van der Waals surface area contributed by atoms with Crippen LogP contribution in [0.1, 0.15) is 20.8 Å². The zero-order valence-corrected chi connectivity index (χ0v) is 8.53. The van der Waals surface area contributed by atoms with Crippen LogP contribution in [0.25, 0.3) is 0 Å². The molecule has 0 aromatic rings. The van der Waals surface area contributed by atoms with Crippen molar-refractivity contribution >= 4 is 21.0 Å². The van der Waals surface area contributed by atoms with Gasteiger partial charge >= 0.3 is 0 Å². The molecule has 0 aromatic carbocycles. The molecule has 0 aliphatic rings. The van der Waals surface area contributed by atoms with Crippen LogP contribution in [0.15, 0.2) is 0 Å². The van der Waals surface area contributed by atoms with Gasteiger partial charge in [-0.1, -0.05) is 0 Å². The molecular formula is C5H13ClO4S. The second kappa shape index (κ2) is 7.00. The number of hydrogen-bond donors (Lipinski definition) is 1. The maximum Gasteiger partial charge on any atom is 0.255 e. The van der Waals surface area contributed by atoms with Crippen molar-refractivity contribution in [2.75, 3.05) is 7.11 Å². The van der Waals surface area contributed by atoms with Crippen LogP contribution in [0.4, 0.5) is 0 Å². The Balaban J connectivity index is 0. The van der Waals surface area contributed by atoms with Crippen LogP contribution >= 0.6 is 10.7 Å². The predicted octanol–water partition coefficient (Wildman–Crippen LogP) is 1.72. The van der Waals surface area contributed by atoms with Gasteiger partial charge in [0.2, 0.25) is 0 Å². The van der Waals surface area contributed by atoms with Crippen molar-refractivity contribution in [3.63, 3.8) is 0 Å². The first-order chi connectivity index (χ1) is 4.83. The normalized spacial score (nSPS) is 13.3. The molecule has 11 heavy (non-hydrogen) atoms. The highest BCUT2D eigenvalue weighted by atomic mass is 35.7. The highest BCUT2D eigenvalue weighted by molar-refractivity contribution is 8.04. The zero-order chi connectivity index (χ0) is 9.49. The van der Waals surface area contributed by atoms with Gasteiger partial charge in [-0.3, -0.25) is 9.44 Å². The lowest BCUT2D eigenvalue weighted by Crippen LogP contribution is -2.15. The fraction of sp³-hybridized carbons (Fsp3) is 1.00. The van der Waals surface area contributed by atoms with Crippen molar-refractivity contribution in [3.05, 3.63) is 0 Å². The van der Waals surface area contributed by atoms with Gasteiger partial charge in [0.1, 0.15) is 0 Å². The molecule has 0 heterocycles. The summed E-state index contributed by atoms with van der Waals surface area (Å²) in [5.41, 5.74) is -0.403. The minimum Gasteiger partial charge on any atom is -0.281 e. The van der Waals surface area contributed by atoms with E-state index in [2.05, 4.69) is 9.07 Å². The Morgan fingerprint density at radius 2 is 1.64 bits per heavy atom. The summed E-state index contributed by atoms with van der Waals surface area (Å²) < 4.78 is 13.5. The van der Waals surface area contributed by atoms with Gasteiger partial charge in [0, 0.05) is 10.7 Å². The third kappa shape index (κ3) is 25.2. The summed E-state index contributed by atoms with van der Waals surface area (Å²) in [7, 11) is 4.38. The maximum absolute atomic E-state index is 9.47. The van der Waals surface area contributed by atoms with Crippen molar-refractivity contribution in [3.8, 4) is 0 Å². The molecule has 0 aliphatic carbocycles. The smallest absolute Gasteiger partial charge is 0.255 e. The lowest BCUT2D eigenvalue weighted by Gasteiger charge is -2.10. The van der Waals surface area contributed by atoms with E-state index in [0.29, 0.717) is 0 Å². The molecule has 0 spiro atoms. The molecule has 1 atom stereocenters. The molecule has 0 amide bonds. The Labute approximate surface area is 73.5 Å². The topological polar surface area (TPSA) is 55.8 Å². The second-order valence-electron chi connectivity index (χ2n) is 2.56. The minimum absolute atomic E-state index is 0.403. The maximum atomic E-state index is 9.47. The molecule has 0 aliphatic heterocycles. The van der Waals surface area contributed by atoms with E-state index in [4.69, 9.17) is 15.9 Å². The lowest BCUT2D eigenvalue weighted by molar-refractivity contribution is -0.306. The summed E-state index contributed by atoms with van der Waals surface area (Å²) in [4.78, 5) is 3.94. The summed E-state index contributed by atoms with van der Waals surface area (Å²) in [6.45, 7) is 5.31. The second-order valence-corrected chi connectivity index (χ2v) is 4.04. The predicted molar refractivity (Wildman–Crippen MR) is 44.5 cm³/mol. The Bertz CT molecular complexity index is 112. The van der Waals surface area contributed by atoms with Crippen LogP contribution in [0.3, 0.4) is 0 Å². The molecule has 0 bridgehead atoms. The third-order valence-electron chi connectivity index (χ3n) is 0.405. The van der Waals surface area contributed by atoms with E-state index < -0.39 is 15.9 Å². The third-order valence-corrected chi connectivity index (χ3v) is 1.04. The molecule has 0 saturated carbocycles. The van der Waals surface area contributed by atoms with Crippen LogP contribution in [0, 0.1) is 0 Å². The highest BCUT2D eigenvalue weighted by Gasteiger charge is 2.06. The van der Waals surface area contributed by atoms with Crippen LogP contribution in [-0.2, 0) is 19.4 Å². The van der Waals surface area contributed by atoms with E-state index in [1.54, 1.807) is 20.8 Å². The van der Waals surface area contributed by atoms with Gasteiger partial charge in [-0.05, 0) is 20.8 Å². The first-order valence-corrected chi connectivity index (χ1v) is 4.68. The van der Waals surface area contributed by atoms with Crippen molar-refractivity contribution in [2.45, 2.75) is 26.4 Å². The van der Waals surface area contributed by atoms with E-state index in [9.17, 15) is 4.21 Å². The lowest BCUT2D eigenvalue weighted by atomic mass is 10.2. The fourth-order valence-corrected chi connectivity index (χ4v) is 0. The minimum atomic E-state index is -1.60. The Hall–Kier alpha value is 0.320. The van der Waals surface area contributed by atoms with Gasteiger partial charge < -0.3 is 0 Å². The van der Waals surface area contributed by atoms with E-state index in [1.165, 1.54) is 7.11 Å². The van der Waals surface area contributed by atoms with E-state index in [1.807, 2.05) is 0 Å². The van der Waals surface area contributed by atoms with Crippen molar-refractivity contribution < 1.29 is 18.5 Å². The molecule has 0 fully saturated rings. The van der Waals surface area contributed by atoms with E-state index in [-0.39, 0.29) is 0 Å². The number of halogens is 1. The standard InChI is InChI=1S/C4H10O2.CH3ClO2S/c1-4(2,3)6-5;1-4-5(2)3/h5H,1-3H3;1H3. The van der Waals surface area contributed by atoms with Crippen molar-refractivity contribution in [2.24, 2.45) is 0 Å². The average Bonchev–Trinajstić information content (AvgIpc) is 1.88. The van der Waals surface area contributed by atoms with E-state index >= 15 is 0 Å². The average molecular weight is 205 g/mol. The molecule has 1 unspecified atom stereocenters. The van der Waals surface area contributed by atoms with Gasteiger partial charge in [0.05, 0.1) is 12.7 Å². The summed E-state index contributed by atoms with van der Waals surface area (Å²) in [5.74, 6) is 0. The van der Waals surface area contributed by atoms with Gasteiger partial charge in [0.15, 0.2) is 0 Å². The quantitative estimate of drug-likeness (QED) is 0.402. The highest BCUT2D eigenvalue weighted by Crippen LogP contribution is 2.01. The molecule has 0 saturated heterocycles. The Morgan fingerprint density at radius 1 is 1.45 bits per heavy atom. The monoisotopic (exact) mass is 204 g/mol. The summed E-state index contributed by atoms with van der Waals surface area (Å²) in [6, 6.07) is 0. The molecule has 6 heteroatoms. The van der Waals surface area contributed by atoms with Crippen LogP contribution in [-0.4, -0.2) is 22.2 Å². The van der Waals surface area contributed by atoms with Crippen LogP contribution < -0.4 is 0 Å². The number of hydrogen-bond acceptors (Lipinski definition) is 4. The molecule has 0 radical (unpaired) electrons.